The molecule has 1 amide bonds. The number of hydrogen-bond donors (Lipinski definition) is 1. The number of aryl methyl sites for hydroxylation is 1. The van der Waals surface area contributed by atoms with Gasteiger partial charge in [-0.05, 0) is 44.5 Å². The Morgan fingerprint density at radius 1 is 0.967 bits per heavy atom. The first kappa shape index (κ1) is 39.0. The predicted octanol–water partition coefficient (Wildman–Crippen LogP) is 4.35. The number of phenols is 1. The Morgan fingerprint density at radius 3 is 2.56 bits per heavy atom. The molecule has 2 unspecified atom stereocenters. The molecule has 8 heterocycles. The minimum Gasteiger partial charge on any atom is -0.506 e. The molecule has 1 N–H and O–H groups in total. The number of aromatic nitrogens is 8. The summed E-state index contributed by atoms with van der Waals surface area (Å²) in [5.74, 6) is -0.430. The molecule has 6 bridgehead atoms. The highest BCUT2D eigenvalue weighted by Gasteiger charge is 2.48. The maximum absolute atomic E-state index is 15.2. The van der Waals surface area contributed by atoms with E-state index in [4.69, 9.17) is 24.4 Å². The first-order chi connectivity index (χ1) is 29.4. The van der Waals surface area contributed by atoms with Crippen LogP contribution in [-0.2, 0) is 16.1 Å². The van der Waals surface area contributed by atoms with E-state index in [2.05, 4.69) is 15.1 Å². The van der Waals surface area contributed by atoms with E-state index in [9.17, 15) is 23.1 Å². The first-order valence-corrected chi connectivity index (χ1v) is 20.3. The number of halogens is 4. The van der Waals surface area contributed by atoms with E-state index in [1.54, 1.807) is 22.9 Å². The lowest BCUT2D eigenvalue weighted by Gasteiger charge is -2.56. The summed E-state index contributed by atoms with van der Waals surface area (Å²) in [6.45, 7) is 5.19. The highest BCUT2D eigenvalue weighted by Crippen LogP contribution is 2.41. The molecular weight excluding hydrogens is 801 g/mol. The van der Waals surface area contributed by atoms with Crippen molar-refractivity contribution in [1.29, 1.82) is 0 Å². The number of carbonyl (C=O) groups is 1. The number of hydrogen-bond acceptors (Lipinski definition) is 13. The molecule has 4 aromatic heterocycles. The number of likely N-dealkylation sites (tertiary alicyclic amines) is 1. The van der Waals surface area contributed by atoms with Crippen LogP contribution < -0.4 is 14.5 Å². The van der Waals surface area contributed by atoms with Gasteiger partial charge in [0.25, 0.3) is 6.43 Å². The van der Waals surface area contributed by atoms with Crippen LogP contribution in [0.1, 0.15) is 25.6 Å². The van der Waals surface area contributed by atoms with Crippen LogP contribution in [0.5, 0.6) is 11.8 Å². The van der Waals surface area contributed by atoms with E-state index in [-0.39, 0.29) is 67.1 Å². The van der Waals surface area contributed by atoms with E-state index in [1.165, 1.54) is 41.3 Å². The zero-order valence-corrected chi connectivity index (χ0v) is 33.5. The number of likely N-dealkylation sites (N-methyl/N-ethyl adjacent to an activating group) is 1. The van der Waals surface area contributed by atoms with Gasteiger partial charge in [-0.15, -0.1) is 0 Å². The molecule has 2 aromatic carbocycles. The number of fused-ring (bicyclic) bond motifs is 8. The fraction of sp³-hybridized carbons (Fsp3) is 0.439. The highest BCUT2D eigenvalue weighted by molar-refractivity contribution is 5.94. The highest BCUT2D eigenvalue weighted by atomic mass is 19.3. The number of nitrogens with zero attached hydrogens (tertiary/aromatic N) is 12. The topological polar surface area (TPSA) is 156 Å². The van der Waals surface area contributed by atoms with Crippen molar-refractivity contribution in [2.45, 2.75) is 70.0 Å². The van der Waals surface area contributed by atoms with Crippen LogP contribution in [0.3, 0.4) is 0 Å². The molecule has 0 saturated carbocycles. The van der Waals surface area contributed by atoms with Crippen LogP contribution in [-0.4, -0.2) is 143 Å². The van der Waals surface area contributed by atoms with Crippen molar-refractivity contribution < 1.29 is 36.9 Å². The Kier molecular flexibility index (Phi) is 9.65. The molecule has 16 nitrogen and oxygen atoms in total. The van der Waals surface area contributed by atoms with Gasteiger partial charge in [0.05, 0.1) is 54.0 Å². The Balaban J connectivity index is 1.09. The zero-order valence-electron chi connectivity index (χ0n) is 33.5. The number of aromatic hydroxyl groups is 1. The minimum absolute atomic E-state index is 0.0288. The number of piperazine rings is 1. The van der Waals surface area contributed by atoms with Crippen molar-refractivity contribution in [2.24, 2.45) is 0 Å². The number of alkyl halides is 2. The molecule has 4 aliphatic heterocycles. The fourth-order valence-corrected chi connectivity index (χ4v) is 9.51. The van der Waals surface area contributed by atoms with Crippen LogP contribution >= 0.6 is 0 Å². The molecule has 0 spiro atoms. The first-order valence-electron chi connectivity index (χ1n) is 20.3. The van der Waals surface area contributed by atoms with Crippen molar-refractivity contribution in [1.82, 2.24) is 49.1 Å². The molecule has 0 radical (unpaired) electrons. The van der Waals surface area contributed by atoms with Gasteiger partial charge >= 0.3 is 6.01 Å². The average molecular weight is 843 g/mol. The number of piperidine rings is 1. The summed E-state index contributed by atoms with van der Waals surface area (Å²) in [4.78, 5) is 46.0. The van der Waals surface area contributed by atoms with Crippen molar-refractivity contribution >= 4 is 39.7 Å². The van der Waals surface area contributed by atoms with Crippen LogP contribution in [0.25, 0.3) is 39.0 Å². The van der Waals surface area contributed by atoms with Gasteiger partial charge in [0.15, 0.2) is 5.65 Å². The number of imidazole rings is 1. The molecule has 4 aliphatic rings. The number of phenolic OH excluding ortho intramolecular Hbond substituents is 1. The Morgan fingerprint density at radius 2 is 1.79 bits per heavy atom. The van der Waals surface area contributed by atoms with E-state index in [1.807, 2.05) is 28.2 Å². The van der Waals surface area contributed by atoms with Crippen LogP contribution in [0.4, 0.5) is 29.3 Å². The van der Waals surface area contributed by atoms with Gasteiger partial charge in [-0.3, -0.25) is 9.69 Å². The molecular formula is C41H42F4N12O4. The standard InChI is InChI=1S/C41H42F4N12O4/c1-4-60-27-17-52(3)39(59)33-13-26(61-41-46-8-7-30(49-41)28-9-23(43)10-31-36(28)54(19-27)21(2)48-31)18-55(33)37-29-14-47-57(32-6-5-22(42)11-34(32)58)38(29)51-40(50-37)56-24-12-25(56)16-53(15-24)20-35(44)45/h5-11,14,24-27,33,35,58H,4,12-13,15-20H2,1-3H3/t24?,25?,26-,27-,33-/m0/s1. The summed E-state index contributed by atoms with van der Waals surface area (Å²) >= 11 is 0. The largest absolute Gasteiger partial charge is 0.506 e. The summed E-state index contributed by atoms with van der Waals surface area (Å²) in [5, 5.41) is 15.9. The zero-order chi connectivity index (χ0) is 42.3. The average Bonchev–Trinajstić information content (AvgIpc) is 3.91. The third kappa shape index (κ3) is 6.90. The van der Waals surface area contributed by atoms with E-state index >= 15 is 4.39 Å². The van der Waals surface area contributed by atoms with E-state index in [0.29, 0.717) is 71.5 Å². The van der Waals surface area contributed by atoms with Crippen LogP contribution in [0.15, 0.2) is 48.8 Å². The molecule has 3 fully saturated rings. The second-order valence-electron chi connectivity index (χ2n) is 16.1. The van der Waals surface area contributed by atoms with Crippen molar-refractivity contribution in [2.75, 3.05) is 56.2 Å². The van der Waals surface area contributed by atoms with Gasteiger partial charge in [0.2, 0.25) is 11.9 Å². The van der Waals surface area contributed by atoms with Gasteiger partial charge in [0.1, 0.15) is 46.9 Å². The third-order valence-corrected chi connectivity index (χ3v) is 12.1. The van der Waals surface area contributed by atoms with Crippen molar-refractivity contribution in [3.63, 3.8) is 0 Å². The molecule has 10 rings (SSSR count). The molecule has 318 valence electrons. The number of rotatable bonds is 7. The number of carbonyl (C=O) groups excluding carboxylic acids is 1. The normalized spacial score (nSPS) is 23.1. The number of anilines is 2. The van der Waals surface area contributed by atoms with Gasteiger partial charge in [-0.2, -0.15) is 20.1 Å². The SMILES string of the molecule is CCO[C@H]1CN(C)C(=O)[C@@H]2C[C@@H](CN2c2nc(N3C4CC3CN(CC(F)F)C4)nc3c2cnn3-c2ccc(F)cc2O)Oc2nccc(n2)-c2cc(F)cc3nc(C)n(c23)C1. The second-order valence-corrected chi connectivity index (χ2v) is 16.1. The Labute approximate surface area is 346 Å². The summed E-state index contributed by atoms with van der Waals surface area (Å²) in [6.07, 6.45) is 0.447. The quantitative estimate of drug-likeness (QED) is 0.227. The van der Waals surface area contributed by atoms with E-state index in [0.717, 1.165) is 12.5 Å². The summed E-state index contributed by atoms with van der Waals surface area (Å²) in [5.41, 5.74) is 2.48. The van der Waals surface area contributed by atoms with Crippen LogP contribution in [0.2, 0.25) is 0 Å². The summed E-state index contributed by atoms with van der Waals surface area (Å²) in [7, 11) is 1.72. The minimum atomic E-state index is -2.47. The Hall–Kier alpha value is -6.15. The lowest BCUT2D eigenvalue weighted by molar-refractivity contribution is -0.133. The number of ether oxygens (including phenoxy) is 2. The molecule has 6 aromatic rings. The second kappa shape index (κ2) is 15.1. The van der Waals surface area contributed by atoms with Crippen molar-refractivity contribution in [3.8, 4) is 28.7 Å². The monoisotopic (exact) mass is 842 g/mol. The molecule has 5 atom stereocenters. The maximum atomic E-state index is 15.2. The number of amides is 1. The maximum Gasteiger partial charge on any atom is 0.317 e. The fourth-order valence-electron chi connectivity index (χ4n) is 9.51. The number of benzene rings is 2. The summed E-state index contributed by atoms with van der Waals surface area (Å²) in [6, 6.07) is 6.96. The van der Waals surface area contributed by atoms with Gasteiger partial charge in [0, 0.05) is 75.7 Å². The van der Waals surface area contributed by atoms with Gasteiger partial charge < -0.3 is 33.8 Å². The molecule has 3 saturated heterocycles. The Bertz CT molecular complexity index is 2670. The molecule has 61 heavy (non-hydrogen) atoms. The van der Waals surface area contributed by atoms with E-state index < -0.39 is 36.3 Å². The lowest BCUT2D eigenvalue weighted by Crippen LogP contribution is -2.69. The summed E-state index contributed by atoms with van der Waals surface area (Å²) < 4.78 is 72.3. The predicted molar refractivity (Wildman–Crippen MR) is 214 cm³/mol. The lowest BCUT2D eigenvalue weighted by atomic mass is 9.88. The smallest absolute Gasteiger partial charge is 0.317 e. The van der Waals surface area contributed by atoms with Gasteiger partial charge in [-0.25, -0.2) is 32.2 Å². The molecule has 0 aliphatic carbocycles. The van der Waals surface area contributed by atoms with Crippen LogP contribution in [0, 0.1) is 18.6 Å². The third-order valence-electron chi connectivity index (χ3n) is 12.1. The van der Waals surface area contributed by atoms with Gasteiger partial charge in [-0.1, -0.05) is 0 Å². The molecule has 20 heteroatoms. The van der Waals surface area contributed by atoms with Crippen molar-refractivity contribution in [3.05, 3.63) is 66.3 Å².